The van der Waals surface area contributed by atoms with Crippen molar-refractivity contribution in [1.82, 2.24) is 24.1 Å². The monoisotopic (exact) mass is 501 g/mol. The molecule has 37 heavy (non-hydrogen) atoms. The van der Waals surface area contributed by atoms with Gasteiger partial charge in [-0.05, 0) is 56.5 Å². The van der Waals surface area contributed by atoms with Crippen LogP contribution in [0.15, 0.2) is 47.3 Å². The topological polar surface area (TPSA) is 93.3 Å². The van der Waals surface area contributed by atoms with Gasteiger partial charge in [0, 0.05) is 26.3 Å². The Morgan fingerprint density at radius 3 is 2.35 bits per heavy atom. The number of aryl methyl sites for hydroxylation is 3. The molecule has 9 heteroatoms. The Labute approximate surface area is 214 Å². The molecule has 0 aliphatic carbocycles. The highest BCUT2D eigenvalue weighted by Gasteiger charge is 2.21. The van der Waals surface area contributed by atoms with E-state index in [2.05, 4.69) is 0 Å². The minimum atomic E-state index is -0.0987. The maximum atomic E-state index is 13.8. The molecule has 0 saturated heterocycles. The lowest BCUT2D eigenvalue weighted by molar-refractivity contribution is 0.141. The first-order valence-electron chi connectivity index (χ1n) is 12.5. The van der Waals surface area contributed by atoms with Crippen LogP contribution < -0.4 is 15.0 Å². The Balaban J connectivity index is 1.64. The van der Waals surface area contributed by atoms with Gasteiger partial charge >= 0.3 is 0 Å². The lowest BCUT2D eigenvalue weighted by Crippen LogP contribution is -2.25. The van der Waals surface area contributed by atoms with Crippen molar-refractivity contribution in [1.29, 1.82) is 0 Å². The summed E-state index contributed by atoms with van der Waals surface area (Å²) in [5.41, 5.74) is 4.34. The first-order valence-corrected chi connectivity index (χ1v) is 12.5. The van der Waals surface area contributed by atoms with Crippen molar-refractivity contribution in [2.24, 2.45) is 0 Å². The van der Waals surface area contributed by atoms with Gasteiger partial charge in [0.15, 0.2) is 22.8 Å². The summed E-state index contributed by atoms with van der Waals surface area (Å²) >= 11 is 0. The number of ether oxygens (including phenoxy) is 3. The van der Waals surface area contributed by atoms with Crippen molar-refractivity contribution >= 4 is 33.2 Å². The van der Waals surface area contributed by atoms with E-state index in [1.54, 1.807) is 18.8 Å². The molecular weight excluding hydrogens is 470 g/mol. The standard InChI is InChI=1S/C28H31N5O4/c1-5-37-16-8-14-32-18(2)29-26-24(28(32)34)25-27(31-21-10-7-6-9-20(21)30-25)33(26)15-13-19-11-12-22(35-3)23(17-19)36-4/h6-7,9-12,17H,5,8,13-16H2,1-4H3. The molecule has 0 aliphatic rings. The van der Waals surface area contributed by atoms with Gasteiger partial charge in [0.1, 0.15) is 16.7 Å². The van der Waals surface area contributed by atoms with Crippen LogP contribution >= 0.6 is 0 Å². The van der Waals surface area contributed by atoms with Gasteiger partial charge in [-0.15, -0.1) is 0 Å². The maximum absolute atomic E-state index is 13.8. The third-order valence-corrected chi connectivity index (χ3v) is 6.59. The van der Waals surface area contributed by atoms with Crippen LogP contribution in [0.1, 0.15) is 24.7 Å². The predicted octanol–water partition coefficient (Wildman–Crippen LogP) is 4.29. The molecule has 0 fully saturated rings. The van der Waals surface area contributed by atoms with Crippen LogP contribution in [-0.2, 0) is 24.2 Å². The Morgan fingerprint density at radius 2 is 1.62 bits per heavy atom. The van der Waals surface area contributed by atoms with E-state index >= 15 is 0 Å². The zero-order valence-electron chi connectivity index (χ0n) is 21.7. The van der Waals surface area contributed by atoms with Crippen molar-refractivity contribution in [2.75, 3.05) is 27.4 Å². The van der Waals surface area contributed by atoms with Gasteiger partial charge in [0.2, 0.25) is 0 Å². The minimum absolute atomic E-state index is 0.0987. The zero-order chi connectivity index (χ0) is 25.9. The highest BCUT2D eigenvalue weighted by atomic mass is 16.5. The second-order valence-corrected chi connectivity index (χ2v) is 8.84. The van der Waals surface area contributed by atoms with E-state index in [4.69, 9.17) is 29.2 Å². The number of nitrogens with zero attached hydrogens (tertiary/aromatic N) is 5. The smallest absolute Gasteiger partial charge is 0.265 e. The molecule has 0 aliphatic heterocycles. The fraction of sp³-hybridized carbons (Fsp3) is 0.357. The number of hydrogen-bond acceptors (Lipinski definition) is 7. The normalized spacial score (nSPS) is 11.6. The largest absolute Gasteiger partial charge is 0.493 e. The van der Waals surface area contributed by atoms with Crippen molar-refractivity contribution in [3.05, 3.63) is 64.2 Å². The molecule has 2 aromatic carbocycles. The molecule has 5 rings (SSSR count). The number of aromatic nitrogens is 5. The van der Waals surface area contributed by atoms with E-state index in [1.807, 2.05) is 60.9 Å². The maximum Gasteiger partial charge on any atom is 0.265 e. The van der Waals surface area contributed by atoms with Crippen molar-refractivity contribution in [3.63, 3.8) is 0 Å². The number of para-hydroxylation sites is 2. The molecule has 0 bridgehead atoms. The molecule has 3 aromatic heterocycles. The van der Waals surface area contributed by atoms with E-state index in [-0.39, 0.29) is 5.56 Å². The summed E-state index contributed by atoms with van der Waals surface area (Å²) in [7, 11) is 3.25. The fourth-order valence-electron chi connectivity index (χ4n) is 4.72. The molecule has 0 N–H and O–H groups in total. The molecule has 0 radical (unpaired) electrons. The van der Waals surface area contributed by atoms with Gasteiger partial charge in [0.05, 0.1) is 25.3 Å². The Kier molecular flexibility index (Phi) is 7.05. The first-order chi connectivity index (χ1) is 18.0. The molecule has 0 atom stereocenters. The Morgan fingerprint density at radius 1 is 0.865 bits per heavy atom. The van der Waals surface area contributed by atoms with E-state index in [9.17, 15) is 4.79 Å². The molecule has 192 valence electrons. The summed E-state index contributed by atoms with van der Waals surface area (Å²) < 4.78 is 20.1. The fourth-order valence-corrected chi connectivity index (χ4v) is 4.72. The Bertz CT molecular complexity index is 1640. The van der Waals surface area contributed by atoms with Crippen molar-refractivity contribution in [2.45, 2.75) is 39.8 Å². The van der Waals surface area contributed by atoms with E-state index < -0.39 is 0 Å². The van der Waals surface area contributed by atoms with Gasteiger partial charge in [-0.2, -0.15) is 0 Å². The summed E-state index contributed by atoms with van der Waals surface area (Å²) in [5.74, 6) is 2.02. The lowest BCUT2D eigenvalue weighted by atomic mass is 10.1. The van der Waals surface area contributed by atoms with Crippen LogP contribution in [0.2, 0.25) is 0 Å². The predicted molar refractivity (Wildman–Crippen MR) is 144 cm³/mol. The molecule has 0 amide bonds. The Hall–Kier alpha value is -3.98. The molecular formula is C28H31N5O4. The highest BCUT2D eigenvalue weighted by Crippen LogP contribution is 2.29. The quantitative estimate of drug-likeness (QED) is 0.264. The molecule has 9 nitrogen and oxygen atoms in total. The van der Waals surface area contributed by atoms with E-state index in [0.29, 0.717) is 72.2 Å². The van der Waals surface area contributed by atoms with Gasteiger partial charge in [-0.25, -0.2) is 15.0 Å². The zero-order valence-corrected chi connectivity index (χ0v) is 21.7. The SMILES string of the molecule is CCOCCCn1c(C)nc2c(c1=O)c1nc3ccccc3nc1n2CCc1ccc(OC)c(OC)c1. The van der Waals surface area contributed by atoms with Crippen LogP contribution in [-0.4, -0.2) is 51.5 Å². The minimum Gasteiger partial charge on any atom is -0.493 e. The average molecular weight is 502 g/mol. The summed E-state index contributed by atoms with van der Waals surface area (Å²) in [6, 6.07) is 13.6. The molecule has 5 aromatic rings. The van der Waals surface area contributed by atoms with E-state index in [0.717, 1.165) is 23.0 Å². The van der Waals surface area contributed by atoms with E-state index in [1.165, 1.54) is 0 Å². The second-order valence-electron chi connectivity index (χ2n) is 8.84. The molecule has 0 unspecified atom stereocenters. The molecule has 0 saturated carbocycles. The van der Waals surface area contributed by atoms with Crippen LogP contribution in [0.4, 0.5) is 0 Å². The van der Waals surface area contributed by atoms with Crippen molar-refractivity contribution < 1.29 is 14.2 Å². The van der Waals surface area contributed by atoms with Crippen LogP contribution in [0.5, 0.6) is 11.5 Å². The summed E-state index contributed by atoms with van der Waals surface area (Å²) in [4.78, 5) is 28.5. The molecule has 3 heterocycles. The number of hydrogen-bond donors (Lipinski definition) is 0. The second kappa shape index (κ2) is 10.6. The summed E-state index contributed by atoms with van der Waals surface area (Å²) in [6.07, 6.45) is 1.42. The highest BCUT2D eigenvalue weighted by molar-refractivity contribution is 6.04. The van der Waals surface area contributed by atoms with Gasteiger partial charge < -0.3 is 18.8 Å². The number of methoxy groups -OCH3 is 2. The third-order valence-electron chi connectivity index (χ3n) is 6.59. The van der Waals surface area contributed by atoms with Gasteiger partial charge in [-0.1, -0.05) is 18.2 Å². The number of fused-ring (bicyclic) bond motifs is 4. The average Bonchev–Trinajstić information content (AvgIpc) is 3.21. The summed E-state index contributed by atoms with van der Waals surface area (Å²) in [6.45, 7) is 6.19. The van der Waals surface area contributed by atoms with Crippen LogP contribution in [0.25, 0.3) is 33.2 Å². The van der Waals surface area contributed by atoms with Crippen LogP contribution in [0.3, 0.4) is 0 Å². The number of benzene rings is 2. The third kappa shape index (κ3) is 4.62. The van der Waals surface area contributed by atoms with Crippen LogP contribution in [0, 0.1) is 6.92 Å². The lowest BCUT2D eigenvalue weighted by Gasteiger charge is -2.12. The van der Waals surface area contributed by atoms with Gasteiger partial charge in [-0.3, -0.25) is 9.36 Å². The summed E-state index contributed by atoms with van der Waals surface area (Å²) in [5, 5.41) is 0.502. The van der Waals surface area contributed by atoms with Crippen molar-refractivity contribution in [3.8, 4) is 11.5 Å². The molecule has 0 spiro atoms. The van der Waals surface area contributed by atoms with Gasteiger partial charge in [0.25, 0.3) is 5.56 Å². The first kappa shape index (κ1) is 24.7. The number of rotatable bonds is 10.